The molecule has 2 aliphatic heterocycles. The topological polar surface area (TPSA) is 32.3 Å². The first-order valence-electron chi connectivity index (χ1n) is 4.93. The molecule has 1 amide bonds. The Hall–Kier alpha value is -0.540. The molecule has 2 heterocycles. The van der Waals surface area contributed by atoms with Crippen LogP contribution in [-0.2, 0) is 4.79 Å². The quantitative estimate of drug-likeness (QED) is 0.658. The summed E-state index contributed by atoms with van der Waals surface area (Å²) < 4.78 is 0. The van der Waals surface area contributed by atoms with E-state index >= 15 is 0 Å². The van der Waals surface area contributed by atoms with E-state index in [0.29, 0.717) is 5.91 Å². The molecular formula is C10H17ClN2O. The number of nitrogens with one attached hydrogen (secondary N) is 1. The average molecular weight is 217 g/mol. The van der Waals surface area contributed by atoms with E-state index in [-0.39, 0.29) is 18.3 Å². The van der Waals surface area contributed by atoms with Gasteiger partial charge in [0.25, 0.3) is 0 Å². The van der Waals surface area contributed by atoms with Crippen LogP contribution in [0.1, 0.15) is 12.8 Å². The van der Waals surface area contributed by atoms with Crippen LogP contribution in [0, 0.1) is 5.92 Å². The number of halogens is 1. The molecule has 2 rings (SSSR count). The highest BCUT2D eigenvalue weighted by molar-refractivity contribution is 5.85. The van der Waals surface area contributed by atoms with Crippen molar-refractivity contribution >= 4 is 18.3 Å². The molecule has 0 aromatic carbocycles. The molecule has 1 N–H and O–H groups in total. The van der Waals surface area contributed by atoms with E-state index in [9.17, 15) is 4.79 Å². The van der Waals surface area contributed by atoms with Crippen molar-refractivity contribution in [3.05, 3.63) is 12.2 Å². The van der Waals surface area contributed by atoms with E-state index in [2.05, 4.69) is 11.9 Å². The number of carbonyl (C=O) groups is 1. The van der Waals surface area contributed by atoms with Crippen molar-refractivity contribution in [3.8, 4) is 0 Å². The Balaban J connectivity index is 0.000000980. The summed E-state index contributed by atoms with van der Waals surface area (Å²) in [5, 5.41) is 3.12. The number of piperidine rings is 1. The molecule has 2 saturated heterocycles. The van der Waals surface area contributed by atoms with Gasteiger partial charge in [0.15, 0.2) is 0 Å². The first-order chi connectivity index (χ1) is 6.27. The number of nitrogens with zero attached hydrogens (tertiary/aromatic N) is 1. The van der Waals surface area contributed by atoms with Gasteiger partial charge in [-0.1, -0.05) is 12.2 Å². The Morgan fingerprint density at radius 3 is 2.71 bits per heavy atom. The molecule has 4 heteroatoms. The second-order valence-corrected chi connectivity index (χ2v) is 3.97. The second kappa shape index (κ2) is 4.80. The van der Waals surface area contributed by atoms with Crippen molar-refractivity contribution in [1.29, 1.82) is 0 Å². The standard InChI is InChI=1S/C10H16N2O.ClH/c1-8-3-2-4-12(7-8)10(13)9-5-11-6-9;/h9,11H,1-7H2;1H. The molecule has 0 spiro atoms. The highest BCUT2D eigenvalue weighted by atomic mass is 35.5. The fraction of sp³-hybridized carbons (Fsp3) is 0.700. The van der Waals surface area contributed by atoms with Crippen LogP contribution in [-0.4, -0.2) is 37.0 Å². The number of amides is 1. The third kappa shape index (κ3) is 2.28. The Bertz CT molecular complexity index is 238. The molecule has 3 nitrogen and oxygen atoms in total. The maximum Gasteiger partial charge on any atom is 0.228 e. The predicted octanol–water partition coefficient (Wildman–Crippen LogP) is 0.806. The SMILES string of the molecule is C=C1CCCN(C(=O)C2CNC2)C1.Cl. The van der Waals surface area contributed by atoms with Gasteiger partial charge in [-0.2, -0.15) is 0 Å². The highest BCUT2D eigenvalue weighted by Gasteiger charge is 2.30. The van der Waals surface area contributed by atoms with Gasteiger partial charge in [-0.3, -0.25) is 4.79 Å². The maximum atomic E-state index is 11.8. The lowest BCUT2D eigenvalue weighted by molar-refractivity contribution is -0.137. The van der Waals surface area contributed by atoms with Crippen molar-refractivity contribution in [2.75, 3.05) is 26.2 Å². The number of carbonyl (C=O) groups excluding carboxylic acids is 1. The van der Waals surface area contributed by atoms with Crippen LogP contribution >= 0.6 is 12.4 Å². The molecule has 0 saturated carbocycles. The summed E-state index contributed by atoms with van der Waals surface area (Å²) in [4.78, 5) is 13.7. The lowest BCUT2D eigenvalue weighted by Crippen LogP contribution is -2.53. The van der Waals surface area contributed by atoms with Crippen molar-refractivity contribution in [2.45, 2.75) is 12.8 Å². The normalized spacial score (nSPS) is 22.6. The molecule has 14 heavy (non-hydrogen) atoms. The molecule has 0 aromatic heterocycles. The summed E-state index contributed by atoms with van der Waals surface area (Å²) in [6.45, 7) is 7.38. The van der Waals surface area contributed by atoms with Gasteiger partial charge in [-0.15, -0.1) is 12.4 Å². The van der Waals surface area contributed by atoms with Gasteiger partial charge in [0.2, 0.25) is 5.91 Å². The summed E-state index contributed by atoms with van der Waals surface area (Å²) in [7, 11) is 0. The van der Waals surface area contributed by atoms with Crippen LogP contribution in [0.15, 0.2) is 12.2 Å². The van der Waals surface area contributed by atoms with Gasteiger partial charge in [0.1, 0.15) is 0 Å². The van der Waals surface area contributed by atoms with E-state index < -0.39 is 0 Å². The van der Waals surface area contributed by atoms with Crippen LogP contribution in [0.4, 0.5) is 0 Å². The minimum atomic E-state index is 0. The van der Waals surface area contributed by atoms with Gasteiger partial charge in [-0.05, 0) is 12.8 Å². The first-order valence-corrected chi connectivity index (χ1v) is 4.93. The average Bonchev–Trinajstić information content (AvgIpc) is 2.01. The zero-order chi connectivity index (χ0) is 9.26. The highest BCUT2D eigenvalue weighted by Crippen LogP contribution is 2.17. The summed E-state index contributed by atoms with van der Waals surface area (Å²) in [5.41, 5.74) is 1.20. The fourth-order valence-corrected chi connectivity index (χ4v) is 1.86. The number of likely N-dealkylation sites (tertiary alicyclic amines) is 1. The molecule has 80 valence electrons. The molecule has 2 aliphatic rings. The first kappa shape index (κ1) is 11.5. The fourth-order valence-electron chi connectivity index (χ4n) is 1.86. The largest absolute Gasteiger partial charge is 0.338 e. The minimum Gasteiger partial charge on any atom is -0.338 e. The molecule has 0 aromatic rings. The molecule has 2 fully saturated rings. The monoisotopic (exact) mass is 216 g/mol. The summed E-state index contributed by atoms with van der Waals surface area (Å²) >= 11 is 0. The Kier molecular flexibility index (Phi) is 3.96. The molecule has 0 unspecified atom stereocenters. The second-order valence-electron chi connectivity index (χ2n) is 3.97. The summed E-state index contributed by atoms with van der Waals surface area (Å²) in [6, 6.07) is 0. The Labute approximate surface area is 90.9 Å². The Morgan fingerprint density at radius 1 is 1.50 bits per heavy atom. The maximum absolute atomic E-state index is 11.8. The lowest BCUT2D eigenvalue weighted by Gasteiger charge is -2.35. The number of hydrogen-bond acceptors (Lipinski definition) is 2. The predicted molar refractivity (Wildman–Crippen MR) is 58.6 cm³/mol. The van der Waals surface area contributed by atoms with Gasteiger partial charge in [0, 0.05) is 26.2 Å². The minimum absolute atomic E-state index is 0. The number of rotatable bonds is 1. The molecule has 0 atom stereocenters. The van der Waals surface area contributed by atoms with Crippen LogP contribution in [0.2, 0.25) is 0 Å². The van der Waals surface area contributed by atoms with Crippen LogP contribution in [0.5, 0.6) is 0 Å². The van der Waals surface area contributed by atoms with Gasteiger partial charge in [0.05, 0.1) is 5.92 Å². The van der Waals surface area contributed by atoms with Crippen molar-refractivity contribution in [1.82, 2.24) is 10.2 Å². The Morgan fingerprint density at radius 2 is 2.21 bits per heavy atom. The third-order valence-electron chi connectivity index (χ3n) is 2.82. The lowest BCUT2D eigenvalue weighted by atomic mass is 9.99. The zero-order valence-corrected chi connectivity index (χ0v) is 9.11. The van der Waals surface area contributed by atoms with E-state index in [1.165, 1.54) is 5.57 Å². The van der Waals surface area contributed by atoms with Crippen molar-refractivity contribution in [2.24, 2.45) is 5.92 Å². The molecule has 0 radical (unpaired) electrons. The third-order valence-corrected chi connectivity index (χ3v) is 2.82. The van der Waals surface area contributed by atoms with Crippen LogP contribution < -0.4 is 5.32 Å². The smallest absolute Gasteiger partial charge is 0.228 e. The van der Waals surface area contributed by atoms with Gasteiger partial charge in [-0.25, -0.2) is 0 Å². The zero-order valence-electron chi connectivity index (χ0n) is 8.29. The van der Waals surface area contributed by atoms with E-state index in [1.54, 1.807) is 0 Å². The molecule has 0 bridgehead atoms. The van der Waals surface area contributed by atoms with E-state index in [0.717, 1.165) is 39.0 Å². The number of hydrogen-bond donors (Lipinski definition) is 1. The van der Waals surface area contributed by atoms with E-state index in [4.69, 9.17) is 0 Å². The van der Waals surface area contributed by atoms with E-state index in [1.807, 2.05) is 4.90 Å². The van der Waals surface area contributed by atoms with Gasteiger partial charge >= 0.3 is 0 Å². The van der Waals surface area contributed by atoms with Crippen molar-refractivity contribution in [3.63, 3.8) is 0 Å². The molecular weight excluding hydrogens is 200 g/mol. The van der Waals surface area contributed by atoms with Crippen LogP contribution in [0.25, 0.3) is 0 Å². The van der Waals surface area contributed by atoms with Crippen LogP contribution in [0.3, 0.4) is 0 Å². The molecule has 0 aliphatic carbocycles. The summed E-state index contributed by atoms with van der Waals surface area (Å²) in [6.07, 6.45) is 2.18. The van der Waals surface area contributed by atoms with Crippen molar-refractivity contribution < 1.29 is 4.79 Å². The van der Waals surface area contributed by atoms with Gasteiger partial charge < -0.3 is 10.2 Å². The summed E-state index contributed by atoms with van der Waals surface area (Å²) in [5.74, 6) is 0.561.